The Hall–Kier alpha value is -3.07. The van der Waals surface area contributed by atoms with Crippen LogP contribution in [0.15, 0.2) is 30.6 Å². The molecule has 0 saturated carbocycles. The second-order valence-corrected chi connectivity index (χ2v) is 8.09. The summed E-state index contributed by atoms with van der Waals surface area (Å²) in [4.78, 5) is 34.1. The maximum Gasteiger partial charge on any atom is 0.408 e. The van der Waals surface area contributed by atoms with Gasteiger partial charge < -0.3 is 24.4 Å². The minimum atomic E-state index is -1.07. The van der Waals surface area contributed by atoms with Crippen LogP contribution in [0.2, 0.25) is 5.28 Å². The van der Waals surface area contributed by atoms with Gasteiger partial charge in [-0.15, -0.1) is 0 Å². The Labute approximate surface area is 179 Å². The number of benzene rings is 1. The lowest BCUT2D eigenvalue weighted by Gasteiger charge is -2.23. The Kier molecular flexibility index (Phi) is 6.31. The van der Waals surface area contributed by atoms with Gasteiger partial charge in [-0.3, -0.25) is 4.79 Å². The van der Waals surface area contributed by atoms with Crippen molar-refractivity contribution >= 4 is 29.3 Å². The summed E-state index contributed by atoms with van der Waals surface area (Å²) in [5.41, 5.74) is 0.766. The molecular weight excluding hydrogens is 412 g/mol. The number of hydrogen-bond donors (Lipinski definition) is 1. The predicted octanol–water partition coefficient (Wildman–Crippen LogP) is 2.96. The molecule has 10 heteroatoms. The molecule has 1 aliphatic heterocycles. The van der Waals surface area contributed by atoms with Crippen molar-refractivity contribution in [3.05, 3.63) is 41.4 Å². The third kappa shape index (κ3) is 5.50. The van der Waals surface area contributed by atoms with Gasteiger partial charge in [-0.2, -0.15) is 0 Å². The molecule has 1 aromatic heterocycles. The highest BCUT2D eigenvalue weighted by Gasteiger charge is 2.33. The first-order chi connectivity index (χ1) is 14.1. The molecule has 9 nitrogen and oxygen atoms in total. The van der Waals surface area contributed by atoms with Crippen molar-refractivity contribution in [2.45, 2.75) is 39.0 Å². The molecule has 2 heterocycles. The van der Waals surface area contributed by atoms with E-state index in [2.05, 4.69) is 15.3 Å². The van der Waals surface area contributed by atoms with Crippen LogP contribution in [-0.2, 0) is 16.1 Å². The standard InChI is InChI=1S/C20H23ClN4O5/c1-20(2,3)24-19(27)30-16-11-29-15-6-5-13(7-14(15)25(4)17(16)26)28-10-12-8-22-18(21)23-9-12/h5-9,16H,10-11H2,1-4H3,(H,24,27)/t16-/m0/s1. The maximum absolute atomic E-state index is 12.8. The van der Waals surface area contributed by atoms with Crippen molar-refractivity contribution in [3.8, 4) is 11.5 Å². The van der Waals surface area contributed by atoms with E-state index in [1.165, 1.54) is 4.90 Å². The molecule has 1 aliphatic rings. The number of halogens is 1. The number of fused-ring (bicyclic) bond motifs is 1. The molecule has 0 spiro atoms. The summed E-state index contributed by atoms with van der Waals surface area (Å²) in [5, 5.41) is 2.82. The van der Waals surface area contributed by atoms with Gasteiger partial charge in [-0.1, -0.05) is 0 Å². The number of anilines is 1. The van der Waals surface area contributed by atoms with Crippen LogP contribution >= 0.6 is 11.6 Å². The van der Waals surface area contributed by atoms with Gasteiger partial charge >= 0.3 is 6.09 Å². The van der Waals surface area contributed by atoms with Gasteiger partial charge in [-0.05, 0) is 44.5 Å². The molecular formula is C20H23ClN4O5. The van der Waals surface area contributed by atoms with Gasteiger partial charge in [0.05, 0.1) is 5.69 Å². The molecule has 2 amide bonds. The van der Waals surface area contributed by atoms with Crippen molar-refractivity contribution in [2.75, 3.05) is 18.6 Å². The zero-order valence-corrected chi connectivity index (χ0v) is 17.9. The molecule has 1 N–H and O–H groups in total. The Bertz CT molecular complexity index is 930. The number of carbonyl (C=O) groups excluding carboxylic acids is 2. The lowest BCUT2D eigenvalue weighted by Crippen LogP contribution is -2.46. The highest BCUT2D eigenvalue weighted by atomic mass is 35.5. The van der Waals surface area contributed by atoms with E-state index in [9.17, 15) is 9.59 Å². The number of nitrogens with one attached hydrogen (secondary N) is 1. The van der Waals surface area contributed by atoms with Crippen LogP contribution in [0.4, 0.5) is 10.5 Å². The Balaban J connectivity index is 1.69. The van der Waals surface area contributed by atoms with Crippen molar-refractivity contribution in [2.24, 2.45) is 0 Å². The first-order valence-electron chi connectivity index (χ1n) is 9.25. The van der Waals surface area contributed by atoms with Crippen molar-refractivity contribution in [3.63, 3.8) is 0 Å². The fraction of sp³-hybridized carbons (Fsp3) is 0.400. The monoisotopic (exact) mass is 434 g/mol. The summed E-state index contributed by atoms with van der Waals surface area (Å²) >= 11 is 5.68. The zero-order chi connectivity index (χ0) is 21.9. The lowest BCUT2D eigenvalue weighted by molar-refractivity contribution is -0.127. The van der Waals surface area contributed by atoms with Crippen LogP contribution in [-0.4, -0.2) is 47.3 Å². The average Bonchev–Trinajstić information content (AvgIpc) is 2.78. The van der Waals surface area contributed by atoms with E-state index in [4.69, 9.17) is 25.8 Å². The second kappa shape index (κ2) is 8.74. The largest absolute Gasteiger partial charge is 0.489 e. The van der Waals surface area contributed by atoms with Crippen molar-refractivity contribution in [1.29, 1.82) is 0 Å². The molecule has 0 unspecified atom stereocenters. The molecule has 0 bridgehead atoms. The number of aromatic nitrogens is 2. The smallest absolute Gasteiger partial charge is 0.408 e. The quantitative estimate of drug-likeness (QED) is 0.738. The predicted molar refractivity (Wildman–Crippen MR) is 110 cm³/mol. The molecule has 30 heavy (non-hydrogen) atoms. The summed E-state index contributed by atoms with van der Waals surface area (Å²) in [6.07, 6.45) is 1.39. The molecule has 0 saturated heterocycles. The van der Waals surface area contributed by atoms with E-state index in [1.807, 2.05) is 20.8 Å². The molecule has 0 radical (unpaired) electrons. The van der Waals surface area contributed by atoms with Gasteiger partial charge in [0, 0.05) is 36.6 Å². The molecule has 3 rings (SSSR count). The number of hydrogen-bond acceptors (Lipinski definition) is 7. The SMILES string of the molecule is CN1C(=O)[C@@H](OC(=O)NC(C)(C)C)COc2ccc(OCc3cnc(Cl)nc3)cc21. The summed E-state index contributed by atoms with van der Waals surface area (Å²) in [6.45, 7) is 5.60. The maximum atomic E-state index is 12.8. The minimum absolute atomic E-state index is 0.0872. The lowest BCUT2D eigenvalue weighted by atomic mass is 10.1. The van der Waals surface area contributed by atoms with Crippen LogP contribution < -0.4 is 19.7 Å². The van der Waals surface area contributed by atoms with E-state index in [-0.39, 0.29) is 18.5 Å². The van der Waals surface area contributed by atoms with E-state index >= 15 is 0 Å². The summed E-state index contributed by atoms with van der Waals surface area (Å²) in [6, 6.07) is 5.10. The molecule has 0 aliphatic carbocycles. The van der Waals surface area contributed by atoms with Crippen LogP contribution in [0.1, 0.15) is 26.3 Å². The van der Waals surface area contributed by atoms with Crippen LogP contribution in [0.5, 0.6) is 11.5 Å². The van der Waals surface area contributed by atoms with Gasteiger partial charge in [0.2, 0.25) is 11.4 Å². The number of amides is 2. The first-order valence-corrected chi connectivity index (χ1v) is 9.62. The van der Waals surface area contributed by atoms with Crippen molar-refractivity contribution < 1.29 is 23.8 Å². The third-order valence-corrected chi connectivity index (χ3v) is 4.29. The van der Waals surface area contributed by atoms with E-state index in [0.717, 1.165) is 5.56 Å². The van der Waals surface area contributed by atoms with E-state index in [1.54, 1.807) is 37.6 Å². The number of rotatable bonds is 4. The molecule has 160 valence electrons. The molecule has 1 aromatic carbocycles. The normalized spacial score (nSPS) is 16.2. The van der Waals surface area contributed by atoms with E-state index < -0.39 is 23.6 Å². The Morgan fingerprint density at radius 2 is 2.03 bits per heavy atom. The Morgan fingerprint density at radius 1 is 1.33 bits per heavy atom. The van der Waals surface area contributed by atoms with Crippen molar-refractivity contribution in [1.82, 2.24) is 15.3 Å². The average molecular weight is 435 g/mol. The van der Waals surface area contributed by atoms with Gasteiger partial charge in [-0.25, -0.2) is 14.8 Å². The van der Waals surface area contributed by atoms with Gasteiger partial charge in [0.15, 0.2) is 0 Å². The highest BCUT2D eigenvalue weighted by Crippen LogP contribution is 2.34. The summed E-state index contributed by atoms with van der Waals surface area (Å²) in [5.74, 6) is 0.605. The number of likely N-dealkylation sites (N-methyl/N-ethyl adjacent to an activating group) is 1. The summed E-state index contributed by atoms with van der Waals surface area (Å²) in [7, 11) is 1.59. The fourth-order valence-corrected chi connectivity index (χ4v) is 2.77. The van der Waals surface area contributed by atoms with Gasteiger partial charge in [0.1, 0.15) is 24.7 Å². The van der Waals surface area contributed by atoms with Crippen LogP contribution in [0.3, 0.4) is 0 Å². The minimum Gasteiger partial charge on any atom is -0.489 e. The molecule has 1 atom stereocenters. The van der Waals surface area contributed by atoms with Crippen LogP contribution in [0.25, 0.3) is 0 Å². The number of nitrogens with zero attached hydrogens (tertiary/aromatic N) is 3. The fourth-order valence-electron chi connectivity index (χ4n) is 2.67. The van der Waals surface area contributed by atoms with Crippen LogP contribution in [0, 0.1) is 0 Å². The zero-order valence-electron chi connectivity index (χ0n) is 17.1. The number of ether oxygens (including phenoxy) is 3. The number of alkyl carbamates (subject to hydrolysis) is 1. The number of carbonyl (C=O) groups is 2. The first kappa shape index (κ1) is 21.6. The second-order valence-electron chi connectivity index (χ2n) is 7.76. The van der Waals surface area contributed by atoms with Gasteiger partial charge in [0.25, 0.3) is 5.91 Å². The third-order valence-electron chi connectivity index (χ3n) is 4.09. The molecule has 0 fully saturated rings. The molecule has 2 aromatic rings. The topological polar surface area (TPSA) is 103 Å². The Morgan fingerprint density at radius 3 is 2.70 bits per heavy atom. The highest BCUT2D eigenvalue weighted by molar-refractivity contribution is 6.28. The summed E-state index contributed by atoms with van der Waals surface area (Å²) < 4.78 is 16.7. The van der Waals surface area contributed by atoms with E-state index in [0.29, 0.717) is 17.2 Å².